The monoisotopic (exact) mass is 278 g/mol. The summed E-state index contributed by atoms with van der Waals surface area (Å²) >= 11 is 0. The number of amides is 1. The van der Waals surface area contributed by atoms with Crippen LogP contribution in [0.25, 0.3) is 0 Å². The first-order valence-corrected chi connectivity index (χ1v) is 7.24. The van der Waals surface area contributed by atoms with E-state index in [9.17, 15) is 14.7 Å². The van der Waals surface area contributed by atoms with E-state index in [1.54, 1.807) is 10.6 Å². The fourth-order valence-electron chi connectivity index (χ4n) is 2.89. The van der Waals surface area contributed by atoms with Crippen molar-refractivity contribution in [2.24, 2.45) is 13.0 Å². The normalized spacial score (nSPS) is 23.6. The summed E-state index contributed by atoms with van der Waals surface area (Å²) < 4.78 is 1.74. The summed E-state index contributed by atoms with van der Waals surface area (Å²) in [6.45, 7) is 0. The highest BCUT2D eigenvalue weighted by molar-refractivity contribution is 5.93. The lowest BCUT2D eigenvalue weighted by molar-refractivity contribution is -0.143. The van der Waals surface area contributed by atoms with Gasteiger partial charge in [0.25, 0.3) is 5.91 Å². The van der Waals surface area contributed by atoms with Crippen LogP contribution in [0.5, 0.6) is 0 Å². The van der Waals surface area contributed by atoms with Crippen molar-refractivity contribution in [3.05, 3.63) is 24.0 Å². The van der Waals surface area contributed by atoms with Gasteiger partial charge in [-0.3, -0.25) is 9.59 Å². The molecule has 2 unspecified atom stereocenters. The highest BCUT2D eigenvalue weighted by atomic mass is 16.4. The van der Waals surface area contributed by atoms with Crippen molar-refractivity contribution in [2.75, 3.05) is 0 Å². The third kappa shape index (κ3) is 3.40. The molecule has 1 amide bonds. The third-order valence-corrected chi connectivity index (χ3v) is 4.08. The SMILES string of the molecule is Cn1cccc1C(=O)NC1CCCCCCC1C(=O)O. The highest BCUT2D eigenvalue weighted by Crippen LogP contribution is 2.23. The lowest BCUT2D eigenvalue weighted by atomic mass is 9.86. The first-order chi connectivity index (χ1) is 9.59. The molecule has 0 radical (unpaired) electrons. The van der Waals surface area contributed by atoms with Crippen LogP contribution in [0.4, 0.5) is 0 Å². The molecular weight excluding hydrogens is 256 g/mol. The molecule has 1 aliphatic rings. The zero-order chi connectivity index (χ0) is 14.5. The predicted octanol–water partition coefficient (Wildman–Crippen LogP) is 2.18. The Balaban J connectivity index is 2.08. The molecule has 0 aliphatic heterocycles. The minimum Gasteiger partial charge on any atom is -0.481 e. The van der Waals surface area contributed by atoms with Crippen LogP contribution in [0.1, 0.15) is 49.0 Å². The van der Waals surface area contributed by atoms with E-state index >= 15 is 0 Å². The minimum absolute atomic E-state index is 0.186. The largest absolute Gasteiger partial charge is 0.481 e. The van der Waals surface area contributed by atoms with Crippen LogP contribution in [0, 0.1) is 5.92 Å². The molecule has 110 valence electrons. The highest BCUT2D eigenvalue weighted by Gasteiger charge is 2.30. The zero-order valence-corrected chi connectivity index (χ0v) is 11.8. The molecule has 1 aromatic rings. The van der Waals surface area contributed by atoms with E-state index in [-0.39, 0.29) is 11.9 Å². The third-order valence-electron chi connectivity index (χ3n) is 4.08. The fraction of sp³-hybridized carbons (Fsp3) is 0.600. The molecule has 1 aromatic heterocycles. The maximum atomic E-state index is 12.2. The standard InChI is InChI=1S/C15H22N2O3/c1-17-10-6-9-13(17)14(18)16-12-8-5-3-2-4-7-11(12)15(19)20/h6,9-12H,2-5,7-8H2,1H3,(H,16,18)(H,19,20). The van der Waals surface area contributed by atoms with E-state index in [0.717, 1.165) is 32.1 Å². The molecule has 5 heteroatoms. The number of carboxylic acids is 1. The maximum absolute atomic E-state index is 12.2. The van der Waals surface area contributed by atoms with Gasteiger partial charge in [0.15, 0.2) is 0 Å². The topological polar surface area (TPSA) is 71.3 Å². The number of carbonyl (C=O) groups is 2. The molecule has 2 atom stereocenters. The predicted molar refractivity (Wildman–Crippen MR) is 75.5 cm³/mol. The molecule has 1 saturated carbocycles. The Labute approximate surface area is 119 Å². The van der Waals surface area contributed by atoms with E-state index < -0.39 is 11.9 Å². The van der Waals surface area contributed by atoms with Crippen molar-refractivity contribution in [2.45, 2.75) is 44.6 Å². The molecule has 2 rings (SSSR count). The van der Waals surface area contributed by atoms with Gasteiger partial charge in [0.2, 0.25) is 0 Å². The van der Waals surface area contributed by atoms with Gasteiger partial charge in [0, 0.05) is 19.3 Å². The zero-order valence-electron chi connectivity index (χ0n) is 11.8. The maximum Gasteiger partial charge on any atom is 0.308 e. The average Bonchev–Trinajstić information content (AvgIpc) is 2.78. The van der Waals surface area contributed by atoms with Gasteiger partial charge in [0.05, 0.1) is 5.92 Å². The van der Waals surface area contributed by atoms with E-state index in [4.69, 9.17) is 0 Å². The molecule has 2 N–H and O–H groups in total. The van der Waals surface area contributed by atoms with Crippen LogP contribution in [-0.4, -0.2) is 27.6 Å². The summed E-state index contributed by atoms with van der Waals surface area (Å²) in [5, 5.41) is 12.3. The van der Waals surface area contributed by atoms with E-state index in [2.05, 4.69) is 5.32 Å². The Kier molecular flexibility index (Phi) is 4.82. The van der Waals surface area contributed by atoms with E-state index in [1.807, 2.05) is 19.3 Å². The second-order valence-electron chi connectivity index (χ2n) is 5.52. The second kappa shape index (κ2) is 6.59. The van der Waals surface area contributed by atoms with Gasteiger partial charge in [-0.25, -0.2) is 0 Å². The number of aliphatic carboxylic acids is 1. The number of hydrogen-bond acceptors (Lipinski definition) is 2. The number of carboxylic acid groups (broad SMARTS) is 1. The van der Waals surface area contributed by atoms with Gasteiger partial charge in [-0.05, 0) is 25.0 Å². The molecule has 1 aliphatic carbocycles. The quantitative estimate of drug-likeness (QED) is 0.890. The van der Waals surface area contributed by atoms with Crippen LogP contribution < -0.4 is 5.32 Å². The molecular formula is C15H22N2O3. The van der Waals surface area contributed by atoms with Gasteiger partial charge in [0.1, 0.15) is 5.69 Å². The van der Waals surface area contributed by atoms with Crippen molar-refractivity contribution >= 4 is 11.9 Å². The molecule has 5 nitrogen and oxygen atoms in total. The number of nitrogens with one attached hydrogen (secondary N) is 1. The van der Waals surface area contributed by atoms with Crippen LogP contribution in [0.2, 0.25) is 0 Å². The Morgan fingerprint density at radius 1 is 1.25 bits per heavy atom. The van der Waals surface area contributed by atoms with Crippen LogP contribution >= 0.6 is 0 Å². The van der Waals surface area contributed by atoms with Crippen molar-refractivity contribution < 1.29 is 14.7 Å². The van der Waals surface area contributed by atoms with Crippen molar-refractivity contribution in [3.63, 3.8) is 0 Å². The molecule has 0 bridgehead atoms. The summed E-state index contributed by atoms with van der Waals surface area (Å²) in [6.07, 6.45) is 7.29. The van der Waals surface area contributed by atoms with Crippen LogP contribution in [0.3, 0.4) is 0 Å². The van der Waals surface area contributed by atoms with Gasteiger partial charge in [-0.15, -0.1) is 0 Å². The smallest absolute Gasteiger partial charge is 0.308 e. The number of hydrogen-bond donors (Lipinski definition) is 2. The Bertz CT molecular complexity index is 481. The van der Waals surface area contributed by atoms with Crippen molar-refractivity contribution in [1.29, 1.82) is 0 Å². The summed E-state index contributed by atoms with van der Waals surface area (Å²) in [6, 6.07) is 3.28. The van der Waals surface area contributed by atoms with Crippen molar-refractivity contribution in [3.8, 4) is 0 Å². The minimum atomic E-state index is -0.802. The lowest BCUT2D eigenvalue weighted by Gasteiger charge is -2.27. The molecule has 20 heavy (non-hydrogen) atoms. The molecule has 0 spiro atoms. The van der Waals surface area contributed by atoms with Crippen LogP contribution in [-0.2, 0) is 11.8 Å². The summed E-state index contributed by atoms with van der Waals surface area (Å²) in [4.78, 5) is 23.6. The number of aryl methyl sites for hydroxylation is 1. The fourth-order valence-corrected chi connectivity index (χ4v) is 2.89. The summed E-state index contributed by atoms with van der Waals surface area (Å²) in [7, 11) is 1.81. The Morgan fingerprint density at radius 3 is 2.55 bits per heavy atom. The number of rotatable bonds is 3. The molecule has 1 fully saturated rings. The van der Waals surface area contributed by atoms with Crippen molar-refractivity contribution in [1.82, 2.24) is 9.88 Å². The van der Waals surface area contributed by atoms with Gasteiger partial charge >= 0.3 is 5.97 Å². The molecule has 0 aromatic carbocycles. The lowest BCUT2D eigenvalue weighted by Crippen LogP contribution is -2.44. The Hall–Kier alpha value is -1.78. The number of carbonyl (C=O) groups excluding carboxylic acids is 1. The molecule has 0 saturated heterocycles. The van der Waals surface area contributed by atoms with E-state index in [0.29, 0.717) is 12.1 Å². The average molecular weight is 278 g/mol. The number of aromatic nitrogens is 1. The summed E-state index contributed by atoms with van der Waals surface area (Å²) in [5.74, 6) is -1.46. The first-order valence-electron chi connectivity index (χ1n) is 7.24. The van der Waals surface area contributed by atoms with Gasteiger partial charge < -0.3 is 15.0 Å². The van der Waals surface area contributed by atoms with Gasteiger partial charge in [-0.1, -0.05) is 25.7 Å². The number of nitrogens with zero attached hydrogens (tertiary/aromatic N) is 1. The van der Waals surface area contributed by atoms with Crippen LogP contribution in [0.15, 0.2) is 18.3 Å². The summed E-state index contributed by atoms with van der Waals surface area (Å²) in [5.41, 5.74) is 0.566. The second-order valence-corrected chi connectivity index (χ2v) is 5.52. The first kappa shape index (κ1) is 14.6. The van der Waals surface area contributed by atoms with E-state index in [1.165, 1.54) is 0 Å². The Morgan fingerprint density at radius 2 is 1.95 bits per heavy atom. The molecule has 1 heterocycles. The van der Waals surface area contributed by atoms with Gasteiger partial charge in [-0.2, -0.15) is 0 Å².